The Labute approximate surface area is 55.9 Å². The lowest BCUT2D eigenvalue weighted by Gasteiger charge is -1.91. The van der Waals surface area contributed by atoms with Crippen LogP contribution in [0.25, 0.3) is 0 Å². The summed E-state index contributed by atoms with van der Waals surface area (Å²) in [4.78, 5) is 4.07. The Bertz CT molecular complexity index is 131. The monoisotopic (exact) mass is 127 g/mol. The minimum atomic E-state index is 0.762. The molecule has 0 saturated carbocycles. The van der Waals surface area contributed by atoms with Crippen molar-refractivity contribution in [1.29, 1.82) is 0 Å². The van der Waals surface area contributed by atoms with E-state index in [1.165, 1.54) is 0 Å². The SMILES string of the molecule is CN/N=C(/C)N=C(C)C. The standard InChI is InChI=1S/C6H13N3/c1-5(2)8-6(3)9-7-4/h7H,1-4H3/b9-6-. The van der Waals surface area contributed by atoms with Gasteiger partial charge >= 0.3 is 0 Å². The fourth-order valence-corrected chi connectivity index (χ4v) is 0.510. The highest BCUT2D eigenvalue weighted by Gasteiger charge is 1.82. The Morgan fingerprint density at radius 1 is 1.22 bits per heavy atom. The molecule has 0 aliphatic carbocycles. The van der Waals surface area contributed by atoms with Crippen molar-refractivity contribution in [3.8, 4) is 0 Å². The first kappa shape index (κ1) is 8.14. The number of hydrogen-bond donors (Lipinski definition) is 1. The van der Waals surface area contributed by atoms with Crippen LogP contribution in [0.2, 0.25) is 0 Å². The number of aliphatic imine (C=N–C) groups is 1. The van der Waals surface area contributed by atoms with Crippen molar-refractivity contribution in [2.45, 2.75) is 20.8 Å². The Morgan fingerprint density at radius 2 is 1.78 bits per heavy atom. The second kappa shape index (κ2) is 4.06. The second-order valence-corrected chi connectivity index (χ2v) is 1.94. The molecule has 0 heterocycles. The van der Waals surface area contributed by atoms with Gasteiger partial charge in [0, 0.05) is 12.8 Å². The van der Waals surface area contributed by atoms with Crippen LogP contribution in [0.15, 0.2) is 10.1 Å². The van der Waals surface area contributed by atoms with Gasteiger partial charge in [-0.15, -0.1) is 0 Å². The summed E-state index contributed by atoms with van der Waals surface area (Å²) in [6, 6.07) is 0. The Balaban J connectivity index is 3.90. The van der Waals surface area contributed by atoms with Crippen LogP contribution in [0, 0.1) is 0 Å². The summed E-state index contributed by atoms with van der Waals surface area (Å²) in [5, 5.41) is 3.84. The summed E-state index contributed by atoms with van der Waals surface area (Å²) < 4.78 is 0. The van der Waals surface area contributed by atoms with Crippen molar-refractivity contribution in [3.05, 3.63) is 0 Å². The van der Waals surface area contributed by atoms with Crippen LogP contribution in [0.1, 0.15) is 20.8 Å². The van der Waals surface area contributed by atoms with Gasteiger partial charge < -0.3 is 5.43 Å². The van der Waals surface area contributed by atoms with Crippen LogP contribution in [0.5, 0.6) is 0 Å². The van der Waals surface area contributed by atoms with Crippen LogP contribution in [0.3, 0.4) is 0 Å². The van der Waals surface area contributed by atoms with Gasteiger partial charge in [0.05, 0.1) is 0 Å². The maximum Gasteiger partial charge on any atom is 0.144 e. The molecule has 0 radical (unpaired) electrons. The zero-order valence-corrected chi connectivity index (χ0v) is 6.39. The third-order valence-corrected chi connectivity index (χ3v) is 0.659. The molecule has 0 aromatic rings. The van der Waals surface area contributed by atoms with E-state index in [1.807, 2.05) is 20.8 Å². The predicted octanol–water partition coefficient (Wildman–Crippen LogP) is 1.02. The molecule has 0 aliphatic rings. The van der Waals surface area contributed by atoms with E-state index < -0.39 is 0 Å². The van der Waals surface area contributed by atoms with Gasteiger partial charge in [-0.05, 0) is 20.8 Å². The molecule has 52 valence electrons. The van der Waals surface area contributed by atoms with E-state index in [4.69, 9.17) is 0 Å². The summed E-state index contributed by atoms with van der Waals surface area (Å²) in [5.74, 6) is 0.762. The topological polar surface area (TPSA) is 36.8 Å². The fourth-order valence-electron chi connectivity index (χ4n) is 0.510. The second-order valence-electron chi connectivity index (χ2n) is 1.94. The van der Waals surface area contributed by atoms with Crippen molar-refractivity contribution in [3.63, 3.8) is 0 Å². The van der Waals surface area contributed by atoms with Crippen molar-refractivity contribution >= 4 is 11.5 Å². The first-order chi connectivity index (χ1) is 4.16. The number of hydrazone groups is 1. The fraction of sp³-hybridized carbons (Fsp3) is 0.667. The highest BCUT2D eigenvalue weighted by molar-refractivity contribution is 5.94. The normalized spacial score (nSPS) is 10.9. The predicted molar refractivity (Wildman–Crippen MR) is 41.0 cm³/mol. The van der Waals surface area contributed by atoms with E-state index in [1.54, 1.807) is 7.05 Å². The summed E-state index contributed by atoms with van der Waals surface area (Å²) in [6.45, 7) is 5.73. The summed E-state index contributed by atoms with van der Waals surface area (Å²) in [7, 11) is 1.75. The molecule has 3 heteroatoms. The number of nitrogens with zero attached hydrogens (tertiary/aromatic N) is 2. The van der Waals surface area contributed by atoms with Crippen LogP contribution in [0.4, 0.5) is 0 Å². The quantitative estimate of drug-likeness (QED) is 0.318. The van der Waals surface area contributed by atoms with Gasteiger partial charge in [0.15, 0.2) is 0 Å². The maximum absolute atomic E-state index is 4.07. The van der Waals surface area contributed by atoms with Crippen LogP contribution < -0.4 is 5.43 Å². The van der Waals surface area contributed by atoms with E-state index in [0.717, 1.165) is 11.5 Å². The highest BCUT2D eigenvalue weighted by Crippen LogP contribution is 1.79. The number of hydrogen-bond acceptors (Lipinski definition) is 2. The van der Waals surface area contributed by atoms with Gasteiger partial charge in [-0.25, -0.2) is 4.99 Å². The molecule has 0 saturated heterocycles. The minimum Gasteiger partial charge on any atom is -0.311 e. The van der Waals surface area contributed by atoms with Crippen molar-refractivity contribution in [2.24, 2.45) is 10.1 Å². The lowest BCUT2D eigenvalue weighted by Crippen LogP contribution is -2.00. The molecule has 0 fully saturated rings. The summed E-state index contributed by atoms with van der Waals surface area (Å²) in [6.07, 6.45) is 0. The van der Waals surface area contributed by atoms with Crippen molar-refractivity contribution in [1.82, 2.24) is 5.43 Å². The Morgan fingerprint density at radius 3 is 2.11 bits per heavy atom. The van der Waals surface area contributed by atoms with Gasteiger partial charge in [-0.3, -0.25) is 0 Å². The number of rotatable bonds is 1. The molecular weight excluding hydrogens is 114 g/mol. The molecule has 0 amide bonds. The average Bonchev–Trinajstić information content (AvgIpc) is 1.63. The molecular formula is C6H13N3. The van der Waals surface area contributed by atoms with Crippen molar-refractivity contribution < 1.29 is 0 Å². The van der Waals surface area contributed by atoms with Gasteiger partial charge in [0.2, 0.25) is 0 Å². The molecule has 0 bridgehead atoms. The van der Waals surface area contributed by atoms with Gasteiger partial charge in [-0.2, -0.15) is 5.10 Å². The lowest BCUT2D eigenvalue weighted by atomic mass is 10.5. The molecule has 0 spiro atoms. The third-order valence-electron chi connectivity index (χ3n) is 0.659. The molecule has 0 aromatic heterocycles. The van der Waals surface area contributed by atoms with Crippen LogP contribution in [-0.4, -0.2) is 18.6 Å². The van der Waals surface area contributed by atoms with E-state index in [0.29, 0.717) is 0 Å². The molecule has 9 heavy (non-hydrogen) atoms. The molecule has 0 aliphatic heterocycles. The maximum atomic E-state index is 4.07. The number of amidine groups is 1. The summed E-state index contributed by atoms with van der Waals surface area (Å²) in [5.41, 5.74) is 3.67. The zero-order chi connectivity index (χ0) is 7.28. The van der Waals surface area contributed by atoms with Crippen LogP contribution in [-0.2, 0) is 0 Å². The molecule has 0 atom stereocenters. The highest BCUT2D eigenvalue weighted by atomic mass is 15.3. The average molecular weight is 127 g/mol. The van der Waals surface area contributed by atoms with Crippen LogP contribution >= 0.6 is 0 Å². The molecule has 1 N–H and O–H groups in total. The molecule has 3 nitrogen and oxygen atoms in total. The first-order valence-electron chi connectivity index (χ1n) is 2.89. The Kier molecular flexibility index (Phi) is 3.67. The van der Waals surface area contributed by atoms with Gasteiger partial charge in [0.25, 0.3) is 0 Å². The molecule has 0 aromatic carbocycles. The largest absolute Gasteiger partial charge is 0.311 e. The summed E-state index contributed by atoms with van der Waals surface area (Å²) >= 11 is 0. The molecule has 0 rings (SSSR count). The smallest absolute Gasteiger partial charge is 0.144 e. The van der Waals surface area contributed by atoms with E-state index in [-0.39, 0.29) is 0 Å². The molecule has 0 unspecified atom stereocenters. The first-order valence-corrected chi connectivity index (χ1v) is 2.89. The Hall–Kier alpha value is -0.860. The van der Waals surface area contributed by atoms with Crippen molar-refractivity contribution in [2.75, 3.05) is 7.05 Å². The van der Waals surface area contributed by atoms with Gasteiger partial charge in [0.1, 0.15) is 5.84 Å². The van der Waals surface area contributed by atoms with E-state index in [2.05, 4.69) is 15.5 Å². The lowest BCUT2D eigenvalue weighted by molar-refractivity contribution is 0.896. The minimum absolute atomic E-state index is 0.762. The van der Waals surface area contributed by atoms with E-state index >= 15 is 0 Å². The third kappa shape index (κ3) is 5.00. The number of nitrogens with one attached hydrogen (secondary N) is 1. The zero-order valence-electron chi connectivity index (χ0n) is 6.39. The van der Waals surface area contributed by atoms with E-state index in [9.17, 15) is 0 Å². The van der Waals surface area contributed by atoms with Gasteiger partial charge in [-0.1, -0.05) is 0 Å².